The SMILES string of the molecule is COC1CN(c2ccc(Br)cc2/C=C/C(=O)O)CCC1C. The van der Waals surface area contributed by atoms with Crippen LogP contribution in [0.25, 0.3) is 6.08 Å². The molecule has 0 aliphatic carbocycles. The van der Waals surface area contributed by atoms with Crippen molar-refractivity contribution in [3.63, 3.8) is 0 Å². The van der Waals surface area contributed by atoms with Crippen molar-refractivity contribution >= 4 is 33.7 Å². The molecule has 0 saturated carbocycles. The Hall–Kier alpha value is -1.33. The molecular weight excluding hydrogens is 334 g/mol. The molecule has 5 heteroatoms. The van der Waals surface area contributed by atoms with Crippen LogP contribution in [0.4, 0.5) is 5.69 Å². The number of halogens is 1. The maximum Gasteiger partial charge on any atom is 0.328 e. The van der Waals surface area contributed by atoms with E-state index in [-0.39, 0.29) is 6.10 Å². The predicted octanol–water partition coefficient (Wildman–Crippen LogP) is 3.41. The molecular formula is C16H20BrNO3. The lowest BCUT2D eigenvalue weighted by atomic mass is 9.95. The van der Waals surface area contributed by atoms with E-state index in [1.54, 1.807) is 13.2 Å². The number of carboxylic acids is 1. The number of nitrogens with zero attached hydrogens (tertiary/aromatic N) is 1. The lowest BCUT2D eigenvalue weighted by Crippen LogP contribution is -2.44. The fraction of sp³-hybridized carbons (Fsp3) is 0.438. The second-order valence-electron chi connectivity index (χ2n) is 5.36. The van der Waals surface area contributed by atoms with Gasteiger partial charge in [-0.25, -0.2) is 4.79 Å². The van der Waals surface area contributed by atoms with Crippen molar-refractivity contribution in [3.05, 3.63) is 34.3 Å². The number of methoxy groups -OCH3 is 1. The molecule has 0 bridgehead atoms. The van der Waals surface area contributed by atoms with E-state index in [2.05, 4.69) is 27.8 Å². The van der Waals surface area contributed by atoms with Gasteiger partial charge in [0.25, 0.3) is 0 Å². The summed E-state index contributed by atoms with van der Waals surface area (Å²) in [6.45, 7) is 3.99. The van der Waals surface area contributed by atoms with Gasteiger partial charge >= 0.3 is 5.97 Å². The minimum atomic E-state index is -0.942. The fourth-order valence-electron chi connectivity index (χ4n) is 2.67. The van der Waals surface area contributed by atoms with Crippen LogP contribution in [0.5, 0.6) is 0 Å². The van der Waals surface area contributed by atoms with Crippen molar-refractivity contribution in [1.29, 1.82) is 0 Å². The van der Waals surface area contributed by atoms with E-state index in [9.17, 15) is 4.79 Å². The third-order valence-electron chi connectivity index (χ3n) is 3.93. The van der Waals surface area contributed by atoms with Crippen molar-refractivity contribution in [1.82, 2.24) is 0 Å². The Morgan fingerprint density at radius 2 is 2.29 bits per heavy atom. The van der Waals surface area contributed by atoms with Crippen molar-refractivity contribution in [2.24, 2.45) is 5.92 Å². The first-order valence-corrected chi connectivity index (χ1v) is 7.79. The average Bonchev–Trinajstić information content (AvgIpc) is 2.46. The van der Waals surface area contributed by atoms with Gasteiger partial charge in [-0.15, -0.1) is 0 Å². The van der Waals surface area contributed by atoms with Gasteiger partial charge in [0, 0.05) is 36.4 Å². The Morgan fingerprint density at radius 1 is 1.52 bits per heavy atom. The van der Waals surface area contributed by atoms with Crippen LogP contribution in [0.3, 0.4) is 0 Å². The minimum Gasteiger partial charge on any atom is -0.478 e. The summed E-state index contributed by atoms with van der Waals surface area (Å²) in [5, 5.41) is 8.83. The molecule has 1 heterocycles. The van der Waals surface area contributed by atoms with E-state index < -0.39 is 5.97 Å². The molecule has 2 rings (SSSR count). The number of benzene rings is 1. The van der Waals surface area contributed by atoms with Crippen molar-refractivity contribution in [2.45, 2.75) is 19.4 Å². The zero-order valence-corrected chi connectivity index (χ0v) is 13.8. The van der Waals surface area contributed by atoms with Gasteiger partial charge in [-0.05, 0) is 42.2 Å². The Balaban J connectivity index is 2.28. The standard InChI is InChI=1S/C16H20BrNO3/c1-11-7-8-18(10-15(11)21-2)14-5-4-13(17)9-12(14)3-6-16(19)20/h3-6,9,11,15H,7-8,10H2,1-2H3,(H,19,20)/b6-3+. The van der Waals surface area contributed by atoms with Gasteiger partial charge < -0.3 is 14.7 Å². The van der Waals surface area contributed by atoms with Gasteiger partial charge in [0.15, 0.2) is 0 Å². The first-order chi connectivity index (χ1) is 10.0. The van der Waals surface area contributed by atoms with Crippen molar-refractivity contribution < 1.29 is 14.6 Å². The Morgan fingerprint density at radius 3 is 2.95 bits per heavy atom. The number of carbonyl (C=O) groups is 1. The smallest absolute Gasteiger partial charge is 0.328 e. The molecule has 1 aromatic rings. The van der Waals surface area contributed by atoms with Crippen LogP contribution in [0, 0.1) is 5.92 Å². The number of hydrogen-bond acceptors (Lipinski definition) is 3. The normalized spacial score (nSPS) is 22.7. The molecule has 0 amide bonds. The third kappa shape index (κ3) is 4.08. The topological polar surface area (TPSA) is 49.8 Å². The quantitative estimate of drug-likeness (QED) is 0.842. The second-order valence-corrected chi connectivity index (χ2v) is 6.28. The molecule has 1 N–H and O–H groups in total. The molecule has 2 atom stereocenters. The Kier molecular flexibility index (Phi) is 5.42. The average molecular weight is 354 g/mol. The molecule has 1 aliphatic rings. The fourth-order valence-corrected chi connectivity index (χ4v) is 3.05. The lowest BCUT2D eigenvalue weighted by molar-refractivity contribution is -0.131. The summed E-state index contributed by atoms with van der Waals surface area (Å²) < 4.78 is 6.49. The van der Waals surface area contributed by atoms with E-state index in [0.717, 1.165) is 35.2 Å². The molecule has 2 unspecified atom stereocenters. The van der Waals surface area contributed by atoms with E-state index in [1.165, 1.54) is 6.08 Å². The summed E-state index contributed by atoms with van der Waals surface area (Å²) in [6, 6.07) is 5.94. The zero-order chi connectivity index (χ0) is 15.4. The van der Waals surface area contributed by atoms with Gasteiger partial charge in [-0.2, -0.15) is 0 Å². The van der Waals surface area contributed by atoms with Crippen LogP contribution in [0.15, 0.2) is 28.7 Å². The monoisotopic (exact) mass is 353 g/mol. The zero-order valence-electron chi connectivity index (χ0n) is 12.3. The summed E-state index contributed by atoms with van der Waals surface area (Å²) >= 11 is 3.44. The van der Waals surface area contributed by atoms with Gasteiger partial charge in [0.1, 0.15) is 0 Å². The van der Waals surface area contributed by atoms with Gasteiger partial charge in [0.05, 0.1) is 6.10 Å². The summed E-state index contributed by atoms with van der Waals surface area (Å²) in [4.78, 5) is 13.0. The lowest BCUT2D eigenvalue weighted by Gasteiger charge is -2.38. The highest BCUT2D eigenvalue weighted by Gasteiger charge is 2.26. The van der Waals surface area contributed by atoms with Crippen LogP contribution in [-0.2, 0) is 9.53 Å². The van der Waals surface area contributed by atoms with E-state index in [1.807, 2.05) is 18.2 Å². The molecule has 21 heavy (non-hydrogen) atoms. The van der Waals surface area contributed by atoms with Crippen LogP contribution in [0.1, 0.15) is 18.9 Å². The summed E-state index contributed by atoms with van der Waals surface area (Å²) in [6.07, 6.45) is 4.09. The summed E-state index contributed by atoms with van der Waals surface area (Å²) in [5.41, 5.74) is 1.95. The molecule has 1 aromatic carbocycles. The third-order valence-corrected chi connectivity index (χ3v) is 4.42. The molecule has 0 spiro atoms. The Labute approximate surface area is 133 Å². The van der Waals surface area contributed by atoms with Crippen LogP contribution in [0.2, 0.25) is 0 Å². The molecule has 4 nitrogen and oxygen atoms in total. The van der Waals surface area contributed by atoms with Gasteiger partial charge in [-0.1, -0.05) is 22.9 Å². The maximum atomic E-state index is 10.8. The van der Waals surface area contributed by atoms with Crippen LogP contribution < -0.4 is 4.90 Å². The number of anilines is 1. The van der Waals surface area contributed by atoms with Gasteiger partial charge in [-0.3, -0.25) is 0 Å². The molecule has 0 aromatic heterocycles. The summed E-state index contributed by atoms with van der Waals surface area (Å²) in [5.74, 6) is -0.400. The van der Waals surface area contributed by atoms with Gasteiger partial charge in [0.2, 0.25) is 0 Å². The van der Waals surface area contributed by atoms with E-state index in [4.69, 9.17) is 9.84 Å². The highest BCUT2D eigenvalue weighted by molar-refractivity contribution is 9.10. The number of rotatable bonds is 4. The van der Waals surface area contributed by atoms with Crippen LogP contribution in [-0.4, -0.2) is 37.4 Å². The second kappa shape index (κ2) is 7.09. The molecule has 1 aliphatic heterocycles. The van der Waals surface area contributed by atoms with E-state index in [0.29, 0.717) is 5.92 Å². The Bertz CT molecular complexity index is 544. The number of ether oxygens (including phenoxy) is 1. The highest BCUT2D eigenvalue weighted by Crippen LogP contribution is 2.30. The largest absolute Gasteiger partial charge is 0.478 e. The van der Waals surface area contributed by atoms with E-state index >= 15 is 0 Å². The molecule has 1 saturated heterocycles. The maximum absolute atomic E-state index is 10.8. The van der Waals surface area contributed by atoms with Crippen LogP contribution >= 0.6 is 15.9 Å². The number of carboxylic acid groups (broad SMARTS) is 1. The predicted molar refractivity (Wildman–Crippen MR) is 87.6 cm³/mol. The number of piperidine rings is 1. The highest BCUT2D eigenvalue weighted by atomic mass is 79.9. The number of aliphatic carboxylic acids is 1. The minimum absolute atomic E-state index is 0.207. The molecule has 0 radical (unpaired) electrons. The van der Waals surface area contributed by atoms with Crippen molar-refractivity contribution in [3.8, 4) is 0 Å². The first-order valence-electron chi connectivity index (χ1n) is 6.99. The molecule has 114 valence electrons. The number of hydrogen-bond donors (Lipinski definition) is 1. The molecule has 1 fully saturated rings. The first kappa shape index (κ1) is 16.0. The van der Waals surface area contributed by atoms with Crippen molar-refractivity contribution in [2.75, 3.05) is 25.1 Å². The summed E-state index contributed by atoms with van der Waals surface area (Å²) in [7, 11) is 1.75.